The zero-order valence-electron chi connectivity index (χ0n) is 15.7. The molecule has 29 heavy (non-hydrogen) atoms. The van der Waals surface area contributed by atoms with Crippen LogP contribution in [0.25, 0.3) is 16.7 Å². The molecule has 2 aromatic carbocycles. The van der Waals surface area contributed by atoms with Crippen molar-refractivity contribution >= 4 is 34.4 Å². The molecule has 146 valence electrons. The molecule has 2 aromatic heterocycles. The number of hydrogen-bond acceptors (Lipinski definition) is 6. The Morgan fingerprint density at radius 3 is 2.83 bits per heavy atom. The van der Waals surface area contributed by atoms with Gasteiger partial charge in [0.2, 0.25) is 5.78 Å². The summed E-state index contributed by atoms with van der Waals surface area (Å²) >= 11 is 1.48. The second-order valence-corrected chi connectivity index (χ2v) is 7.26. The fourth-order valence-electron chi connectivity index (χ4n) is 3.17. The number of aromatic nitrogens is 4. The lowest BCUT2D eigenvalue weighted by atomic mass is 10.1. The first-order valence-electron chi connectivity index (χ1n) is 8.91. The van der Waals surface area contributed by atoms with Gasteiger partial charge in [-0.1, -0.05) is 42.1 Å². The van der Waals surface area contributed by atoms with Crippen LogP contribution in [0, 0.1) is 0 Å². The quantitative estimate of drug-likeness (QED) is 0.278. The molecule has 4 aromatic rings. The van der Waals surface area contributed by atoms with Crippen LogP contribution >= 0.6 is 11.8 Å². The van der Waals surface area contributed by atoms with E-state index in [9.17, 15) is 9.59 Å². The molecule has 4 rings (SSSR count). The summed E-state index contributed by atoms with van der Waals surface area (Å²) in [6, 6.07) is 14.7. The van der Waals surface area contributed by atoms with Crippen molar-refractivity contribution < 1.29 is 9.53 Å². The third kappa shape index (κ3) is 3.42. The van der Waals surface area contributed by atoms with Crippen molar-refractivity contribution in [1.29, 1.82) is 0 Å². The van der Waals surface area contributed by atoms with Gasteiger partial charge in [-0.25, -0.2) is 4.79 Å². The van der Waals surface area contributed by atoms with Gasteiger partial charge in [0, 0.05) is 12.3 Å². The third-order valence-corrected chi connectivity index (χ3v) is 5.51. The molecule has 0 spiro atoms. The molecule has 0 saturated heterocycles. The Bertz CT molecular complexity index is 1290. The van der Waals surface area contributed by atoms with Gasteiger partial charge in [0.25, 0.3) is 5.56 Å². The van der Waals surface area contributed by atoms with Gasteiger partial charge in [-0.3, -0.25) is 13.8 Å². The summed E-state index contributed by atoms with van der Waals surface area (Å²) in [7, 11) is 1.36. The molecular formula is C21H18N4O3S. The van der Waals surface area contributed by atoms with Gasteiger partial charge in [0.1, 0.15) is 0 Å². The highest BCUT2D eigenvalue weighted by Gasteiger charge is 2.16. The number of ether oxygens (including phenoxy) is 1. The van der Waals surface area contributed by atoms with Crippen LogP contribution in [0.2, 0.25) is 0 Å². The maximum Gasteiger partial charge on any atom is 0.337 e. The molecule has 0 saturated carbocycles. The van der Waals surface area contributed by atoms with Crippen LogP contribution in [0.5, 0.6) is 0 Å². The predicted octanol–water partition coefficient (Wildman–Crippen LogP) is 3.31. The van der Waals surface area contributed by atoms with Crippen molar-refractivity contribution in [2.24, 2.45) is 0 Å². The van der Waals surface area contributed by atoms with E-state index >= 15 is 0 Å². The van der Waals surface area contributed by atoms with E-state index in [0.717, 1.165) is 11.1 Å². The van der Waals surface area contributed by atoms with Crippen LogP contribution in [-0.2, 0) is 17.0 Å². The molecule has 0 fully saturated rings. The zero-order chi connectivity index (χ0) is 20.4. The second kappa shape index (κ2) is 7.92. The number of methoxy groups -OCH3 is 1. The molecule has 0 bridgehead atoms. The summed E-state index contributed by atoms with van der Waals surface area (Å²) in [6.07, 6.45) is 1.66. The fraction of sp³-hybridized carbons (Fsp3) is 0.143. The number of para-hydroxylation sites is 1. The van der Waals surface area contributed by atoms with Gasteiger partial charge < -0.3 is 4.74 Å². The van der Waals surface area contributed by atoms with Gasteiger partial charge in [0.15, 0.2) is 5.16 Å². The normalized spacial score (nSPS) is 11.1. The first-order chi connectivity index (χ1) is 14.1. The van der Waals surface area contributed by atoms with Crippen LogP contribution in [-0.4, -0.2) is 32.2 Å². The molecule has 0 aliphatic carbocycles. The fourth-order valence-corrected chi connectivity index (χ4v) is 4.06. The Labute approximate surface area is 170 Å². The summed E-state index contributed by atoms with van der Waals surface area (Å²) in [5, 5.41) is 9.82. The molecule has 0 amide bonds. The minimum absolute atomic E-state index is 0.122. The van der Waals surface area contributed by atoms with Gasteiger partial charge in [-0.05, 0) is 29.8 Å². The topological polar surface area (TPSA) is 78.5 Å². The van der Waals surface area contributed by atoms with E-state index in [1.807, 2.05) is 34.7 Å². The van der Waals surface area contributed by atoms with Crippen LogP contribution in [0.3, 0.4) is 0 Å². The molecule has 0 atom stereocenters. The van der Waals surface area contributed by atoms with E-state index in [4.69, 9.17) is 4.74 Å². The van der Waals surface area contributed by atoms with Gasteiger partial charge in [-0.15, -0.1) is 16.8 Å². The van der Waals surface area contributed by atoms with E-state index in [1.165, 1.54) is 18.9 Å². The number of fused-ring (bicyclic) bond motifs is 3. The Morgan fingerprint density at radius 2 is 2.03 bits per heavy atom. The minimum atomic E-state index is -0.371. The molecule has 7 nitrogen and oxygen atoms in total. The maximum atomic E-state index is 12.8. The van der Waals surface area contributed by atoms with E-state index in [2.05, 4.69) is 16.8 Å². The lowest BCUT2D eigenvalue weighted by Gasteiger charge is -2.09. The molecular weight excluding hydrogens is 388 g/mol. The van der Waals surface area contributed by atoms with Crippen molar-refractivity contribution in [1.82, 2.24) is 19.2 Å². The van der Waals surface area contributed by atoms with Crippen LogP contribution in [0.15, 0.2) is 71.1 Å². The maximum absolute atomic E-state index is 12.8. The first-order valence-corrected chi connectivity index (χ1v) is 9.90. The number of carbonyl (C=O) groups excluding carboxylic acids is 1. The van der Waals surface area contributed by atoms with Gasteiger partial charge in [-0.2, -0.15) is 0 Å². The number of benzene rings is 2. The molecule has 2 heterocycles. The number of nitrogens with zero attached hydrogens (tertiary/aromatic N) is 4. The van der Waals surface area contributed by atoms with Crippen molar-refractivity contribution in [2.75, 3.05) is 7.11 Å². The number of esters is 1. The van der Waals surface area contributed by atoms with Gasteiger partial charge in [0.05, 0.1) is 23.6 Å². The average Bonchev–Trinajstić information content (AvgIpc) is 3.19. The summed E-state index contributed by atoms with van der Waals surface area (Å²) < 4.78 is 8.23. The molecule has 8 heteroatoms. The van der Waals surface area contributed by atoms with Crippen LogP contribution in [0.1, 0.15) is 15.9 Å². The van der Waals surface area contributed by atoms with Crippen molar-refractivity contribution in [3.63, 3.8) is 0 Å². The summed E-state index contributed by atoms with van der Waals surface area (Å²) in [6.45, 7) is 4.08. The van der Waals surface area contributed by atoms with E-state index in [-0.39, 0.29) is 11.5 Å². The van der Waals surface area contributed by atoms with Crippen LogP contribution in [0.4, 0.5) is 0 Å². The molecule has 0 aliphatic heterocycles. The number of thioether (sulfide) groups is 1. The first kappa shape index (κ1) is 18.9. The number of allylic oxidation sites excluding steroid dienone is 1. The van der Waals surface area contributed by atoms with Crippen molar-refractivity contribution in [2.45, 2.75) is 17.5 Å². The standard InChI is InChI=1S/C21H18N4O3S/c1-3-11-24-18(26)16-9-4-5-10-17(16)25-20(24)22-23-21(25)29-13-14-7-6-8-15(12-14)19(27)28-2/h3-10,12H,1,11,13H2,2H3. The highest BCUT2D eigenvalue weighted by molar-refractivity contribution is 7.98. The lowest BCUT2D eigenvalue weighted by molar-refractivity contribution is 0.0600. The highest BCUT2D eigenvalue weighted by Crippen LogP contribution is 2.25. The third-order valence-electron chi connectivity index (χ3n) is 4.51. The monoisotopic (exact) mass is 406 g/mol. The van der Waals surface area contributed by atoms with E-state index in [0.29, 0.717) is 34.2 Å². The molecule has 0 N–H and O–H groups in total. The average molecular weight is 406 g/mol. The predicted molar refractivity (Wildman–Crippen MR) is 112 cm³/mol. The van der Waals surface area contributed by atoms with Crippen molar-refractivity contribution in [3.05, 3.63) is 82.7 Å². The van der Waals surface area contributed by atoms with Crippen molar-refractivity contribution in [3.8, 4) is 0 Å². The lowest BCUT2D eigenvalue weighted by Crippen LogP contribution is -2.22. The number of hydrogen-bond donors (Lipinski definition) is 0. The Morgan fingerprint density at radius 1 is 1.21 bits per heavy atom. The zero-order valence-corrected chi connectivity index (χ0v) is 16.6. The summed E-state index contributed by atoms with van der Waals surface area (Å²) in [5.41, 5.74) is 2.09. The minimum Gasteiger partial charge on any atom is -0.465 e. The summed E-state index contributed by atoms with van der Waals surface area (Å²) in [4.78, 5) is 24.6. The van der Waals surface area contributed by atoms with Gasteiger partial charge >= 0.3 is 5.97 Å². The Balaban J connectivity index is 1.77. The van der Waals surface area contributed by atoms with Crippen LogP contribution < -0.4 is 5.56 Å². The van der Waals surface area contributed by atoms with E-state index < -0.39 is 0 Å². The Hall–Kier alpha value is -3.39. The van der Waals surface area contributed by atoms with E-state index in [1.54, 1.807) is 28.8 Å². The molecule has 0 unspecified atom stereocenters. The summed E-state index contributed by atoms with van der Waals surface area (Å²) in [5.74, 6) is 0.684. The Kier molecular flexibility index (Phi) is 5.18. The molecule has 0 aliphatic rings. The number of carbonyl (C=O) groups is 1. The molecule has 0 radical (unpaired) electrons. The number of rotatable bonds is 6. The SMILES string of the molecule is C=CCn1c(=O)c2ccccc2n2c(SCc3cccc(C(=O)OC)c3)nnc12. The largest absolute Gasteiger partial charge is 0.465 e. The second-order valence-electron chi connectivity index (χ2n) is 6.32. The highest BCUT2D eigenvalue weighted by atomic mass is 32.2. The smallest absolute Gasteiger partial charge is 0.337 e.